The van der Waals surface area contributed by atoms with Gasteiger partial charge in [0.1, 0.15) is 11.6 Å². The summed E-state index contributed by atoms with van der Waals surface area (Å²) in [6, 6.07) is 11.9. The molecule has 0 radical (unpaired) electrons. The molecular formula is C13H17N5. The zero-order valence-electron chi connectivity index (χ0n) is 10.5. The maximum Gasteiger partial charge on any atom is 0.163 e. The van der Waals surface area contributed by atoms with Gasteiger partial charge in [-0.1, -0.05) is 30.3 Å². The molecule has 0 amide bonds. The topological polar surface area (TPSA) is 75.9 Å². The molecule has 0 saturated heterocycles. The zero-order valence-corrected chi connectivity index (χ0v) is 10.5. The second-order valence-corrected chi connectivity index (χ2v) is 4.27. The molecule has 1 aromatic carbocycles. The van der Waals surface area contributed by atoms with Crippen LogP contribution in [0.2, 0.25) is 0 Å². The third-order valence-electron chi connectivity index (χ3n) is 2.34. The van der Waals surface area contributed by atoms with E-state index in [0.29, 0.717) is 17.7 Å². The van der Waals surface area contributed by atoms with Crippen LogP contribution in [-0.2, 0) is 0 Å². The van der Waals surface area contributed by atoms with Gasteiger partial charge in [-0.05, 0) is 13.8 Å². The number of rotatable bonds is 4. The molecule has 0 aliphatic rings. The zero-order chi connectivity index (χ0) is 13.0. The molecular weight excluding hydrogens is 226 g/mol. The smallest absolute Gasteiger partial charge is 0.163 e. The molecule has 0 spiro atoms. The van der Waals surface area contributed by atoms with E-state index >= 15 is 0 Å². The lowest BCUT2D eigenvalue weighted by atomic mass is 10.2. The molecule has 2 aromatic rings. The summed E-state index contributed by atoms with van der Waals surface area (Å²) in [5.41, 5.74) is 3.52. The van der Waals surface area contributed by atoms with Crippen LogP contribution in [-0.4, -0.2) is 16.0 Å². The van der Waals surface area contributed by atoms with E-state index in [1.54, 1.807) is 6.07 Å². The fourth-order valence-corrected chi connectivity index (χ4v) is 1.61. The fourth-order valence-electron chi connectivity index (χ4n) is 1.61. The molecule has 4 N–H and O–H groups in total. The van der Waals surface area contributed by atoms with Crippen LogP contribution in [0.1, 0.15) is 13.8 Å². The summed E-state index contributed by atoms with van der Waals surface area (Å²) in [6.07, 6.45) is 0. The van der Waals surface area contributed by atoms with Crippen molar-refractivity contribution < 1.29 is 0 Å². The maximum atomic E-state index is 5.43. The molecule has 0 aliphatic carbocycles. The Balaban J connectivity index is 2.41. The first-order valence-corrected chi connectivity index (χ1v) is 5.86. The van der Waals surface area contributed by atoms with Crippen molar-refractivity contribution in [1.82, 2.24) is 9.97 Å². The summed E-state index contributed by atoms with van der Waals surface area (Å²) in [5.74, 6) is 7.42. The summed E-state index contributed by atoms with van der Waals surface area (Å²) in [4.78, 5) is 8.82. The van der Waals surface area contributed by atoms with Crippen molar-refractivity contribution in [3.8, 4) is 11.4 Å². The summed E-state index contributed by atoms with van der Waals surface area (Å²) in [5, 5.41) is 3.24. The van der Waals surface area contributed by atoms with Gasteiger partial charge in [0.15, 0.2) is 5.82 Å². The molecule has 5 nitrogen and oxygen atoms in total. The SMILES string of the molecule is CC(C)Nc1cc(NN)nc(-c2ccccc2)n1. The fraction of sp³-hybridized carbons (Fsp3) is 0.231. The molecule has 0 fully saturated rings. The monoisotopic (exact) mass is 243 g/mol. The standard InChI is InChI=1S/C13H17N5/c1-9(2)15-11-8-12(18-14)17-13(16-11)10-6-4-3-5-7-10/h3-9H,14H2,1-2H3,(H2,15,16,17,18). The van der Waals surface area contributed by atoms with Gasteiger partial charge in [0.05, 0.1) is 0 Å². The largest absolute Gasteiger partial charge is 0.368 e. The van der Waals surface area contributed by atoms with Gasteiger partial charge in [0.25, 0.3) is 0 Å². The summed E-state index contributed by atoms with van der Waals surface area (Å²) in [7, 11) is 0. The molecule has 18 heavy (non-hydrogen) atoms. The van der Waals surface area contributed by atoms with E-state index in [1.165, 1.54) is 0 Å². The Morgan fingerprint density at radius 1 is 1.06 bits per heavy atom. The first kappa shape index (κ1) is 12.3. The maximum absolute atomic E-state index is 5.43. The third-order valence-corrected chi connectivity index (χ3v) is 2.34. The molecule has 0 bridgehead atoms. The van der Waals surface area contributed by atoms with Crippen molar-refractivity contribution in [2.45, 2.75) is 19.9 Å². The van der Waals surface area contributed by atoms with Crippen molar-refractivity contribution >= 4 is 11.6 Å². The van der Waals surface area contributed by atoms with Crippen molar-refractivity contribution in [3.05, 3.63) is 36.4 Å². The first-order valence-electron chi connectivity index (χ1n) is 5.86. The Labute approximate surface area is 106 Å². The second kappa shape index (κ2) is 5.46. The lowest BCUT2D eigenvalue weighted by Crippen LogP contribution is -2.14. The molecule has 94 valence electrons. The van der Waals surface area contributed by atoms with Crippen LogP contribution in [0.3, 0.4) is 0 Å². The van der Waals surface area contributed by atoms with Crippen LogP contribution < -0.4 is 16.6 Å². The van der Waals surface area contributed by atoms with E-state index in [0.717, 1.165) is 11.4 Å². The summed E-state index contributed by atoms with van der Waals surface area (Å²) >= 11 is 0. The minimum Gasteiger partial charge on any atom is -0.368 e. The highest BCUT2D eigenvalue weighted by atomic mass is 15.3. The first-order chi connectivity index (χ1) is 8.69. The number of nitrogens with one attached hydrogen (secondary N) is 2. The Morgan fingerprint density at radius 2 is 1.72 bits per heavy atom. The van der Waals surface area contributed by atoms with Gasteiger partial charge in [-0.3, -0.25) is 0 Å². The van der Waals surface area contributed by atoms with Gasteiger partial charge in [-0.15, -0.1) is 0 Å². The molecule has 0 saturated carbocycles. The second-order valence-electron chi connectivity index (χ2n) is 4.27. The Morgan fingerprint density at radius 3 is 2.33 bits per heavy atom. The van der Waals surface area contributed by atoms with Gasteiger partial charge in [0.2, 0.25) is 0 Å². The Kier molecular flexibility index (Phi) is 3.74. The number of hydrogen-bond acceptors (Lipinski definition) is 5. The van der Waals surface area contributed by atoms with Gasteiger partial charge in [0, 0.05) is 17.7 Å². The van der Waals surface area contributed by atoms with E-state index in [9.17, 15) is 0 Å². The number of nitrogens with zero attached hydrogens (tertiary/aromatic N) is 2. The molecule has 5 heteroatoms. The lowest BCUT2D eigenvalue weighted by molar-refractivity contribution is 0.887. The molecule has 0 aliphatic heterocycles. The Bertz CT molecular complexity index is 510. The predicted octanol–water partition coefficient (Wildman–Crippen LogP) is 2.25. The minimum absolute atomic E-state index is 0.300. The number of hydrogen-bond donors (Lipinski definition) is 3. The highest BCUT2D eigenvalue weighted by Gasteiger charge is 2.06. The molecule has 1 heterocycles. The highest BCUT2D eigenvalue weighted by molar-refractivity contribution is 5.61. The minimum atomic E-state index is 0.300. The number of anilines is 2. The normalized spacial score (nSPS) is 10.4. The van der Waals surface area contributed by atoms with Crippen LogP contribution in [0.15, 0.2) is 36.4 Å². The number of nitrogen functional groups attached to an aromatic ring is 1. The third kappa shape index (κ3) is 2.95. The lowest BCUT2D eigenvalue weighted by Gasteiger charge is -2.12. The van der Waals surface area contributed by atoms with E-state index in [-0.39, 0.29) is 0 Å². The quantitative estimate of drug-likeness (QED) is 0.567. The van der Waals surface area contributed by atoms with Crippen molar-refractivity contribution in [3.63, 3.8) is 0 Å². The summed E-state index contributed by atoms with van der Waals surface area (Å²) < 4.78 is 0. The number of nitrogens with two attached hydrogens (primary N) is 1. The number of aromatic nitrogens is 2. The van der Waals surface area contributed by atoms with Crippen molar-refractivity contribution in [2.75, 3.05) is 10.7 Å². The van der Waals surface area contributed by atoms with Crippen LogP contribution in [0.5, 0.6) is 0 Å². The average Bonchev–Trinajstić information content (AvgIpc) is 2.38. The van der Waals surface area contributed by atoms with Gasteiger partial charge in [-0.2, -0.15) is 0 Å². The summed E-state index contributed by atoms with van der Waals surface area (Å²) in [6.45, 7) is 4.11. The van der Waals surface area contributed by atoms with E-state index in [1.807, 2.05) is 30.3 Å². The van der Waals surface area contributed by atoms with Crippen molar-refractivity contribution in [2.24, 2.45) is 5.84 Å². The van der Waals surface area contributed by atoms with Crippen LogP contribution >= 0.6 is 0 Å². The average molecular weight is 243 g/mol. The van der Waals surface area contributed by atoms with E-state index in [4.69, 9.17) is 5.84 Å². The Hall–Kier alpha value is -2.14. The molecule has 1 aromatic heterocycles. The van der Waals surface area contributed by atoms with Gasteiger partial charge >= 0.3 is 0 Å². The molecule has 0 unspecified atom stereocenters. The highest BCUT2D eigenvalue weighted by Crippen LogP contribution is 2.19. The number of hydrazine groups is 1. The molecule has 2 rings (SSSR count). The van der Waals surface area contributed by atoms with Gasteiger partial charge < -0.3 is 10.7 Å². The molecule has 0 atom stereocenters. The number of benzene rings is 1. The van der Waals surface area contributed by atoms with Gasteiger partial charge in [-0.25, -0.2) is 15.8 Å². The van der Waals surface area contributed by atoms with Crippen molar-refractivity contribution in [1.29, 1.82) is 0 Å². The predicted molar refractivity (Wildman–Crippen MR) is 74.0 cm³/mol. The van der Waals surface area contributed by atoms with Crippen LogP contribution in [0, 0.1) is 0 Å². The van der Waals surface area contributed by atoms with E-state index in [2.05, 4.69) is 34.6 Å². The van der Waals surface area contributed by atoms with Crippen LogP contribution in [0.25, 0.3) is 11.4 Å². The van der Waals surface area contributed by atoms with E-state index < -0.39 is 0 Å². The van der Waals surface area contributed by atoms with Crippen LogP contribution in [0.4, 0.5) is 11.6 Å².